The SMILES string of the molecule is Cc1cncc(NC(=O)c2ccn(C)c(=O)c2)c1. The molecule has 0 saturated carbocycles. The smallest absolute Gasteiger partial charge is 0.255 e. The van der Waals surface area contributed by atoms with Crippen molar-refractivity contribution < 1.29 is 4.79 Å². The van der Waals surface area contributed by atoms with E-state index in [-0.39, 0.29) is 11.5 Å². The van der Waals surface area contributed by atoms with Crippen LogP contribution in [0.1, 0.15) is 15.9 Å². The molecule has 2 heterocycles. The number of nitrogens with one attached hydrogen (secondary N) is 1. The molecule has 0 atom stereocenters. The topological polar surface area (TPSA) is 64.0 Å². The first-order valence-corrected chi connectivity index (χ1v) is 5.46. The molecule has 0 fully saturated rings. The van der Waals surface area contributed by atoms with Gasteiger partial charge in [0.1, 0.15) is 0 Å². The number of amides is 1. The standard InChI is InChI=1S/C13H13N3O2/c1-9-5-11(8-14-7-9)15-13(18)10-3-4-16(2)12(17)6-10/h3-8H,1-2H3,(H,15,18). The number of hydrogen-bond donors (Lipinski definition) is 1. The van der Waals surface area contributed by atoms with Crippen molar-refractivity contribution >= 4 is 11.6 Å². The molecule has 1 amide bonds. The lowest BCUT2D eigenvalue weighted by atomic mass is 10.2. The Morgan fingerprint density at radius 2 is 2.11 bits per heavy atom. The van der Waals surface area contributed by atoms with Crippen molar-refractivity contribution in [2.75, 3.05) is 5.32 Å². The molecule has 2 aromatic heterocycles. The number of rotatable bonds is 2. The maximum Gasteiger partial charge on any atom is 0.255 e. The Labute approximate surface area is 104 Å². The van der Waals surface area contributed by atoms with Crippen molar-refractivity contribution in [3.8, 4) is 0 Å². The van der Waals surface area contributed by atoms with Crippen LogP contribution in [0.25, 0.3) is 0 Å². The van der Waals surface area contributed by atoms with E-state index >= 15 is 0 Å². The zero-order chi connectivity index (χ0) is 13.1. The Kier molecular flexibility index (Phi) is 3.23. The molecule has 2 rings (SSSR count). The number of carbonyl (C=O) groups is 1. The zero-order valence-corrected chi connectivity index (χ0v) is 10.2. The van der Waals surface area contributed by atoms with Crippen LogP contribution in [0, 0.1) is 6.92 Å². The van der Waals surface area contributed by atoms with Crippen molar-refractivity contribution in [1.29, 1.82) is 0 Å². The molecular formula is C13H13N3O2. The highest BCUT2D eigenvalue weighted by atomic mass is 16.2. The van der Waals surface area contributed by atoms with Crippen LogP contribution >= 0.6 is 0 Å². The Balaban J connectivity index is 2.22. The fourth-order valence-corrected chi connectivity index (χ4v) is 1.52. The number of aryl methyl sites for hydroxylation is 2. The molecule has 0 aliphatic rings. The second kappa shape index (κ2) is 4.83. The summed E-state index contributed by atoms with van der Waals surface area (Å²) in [6.07, 6.45) is 4.83. The summed E-state index contributed by atoms with van der Waals surface area (Å²) in [4.78, 5) is 27.3. The lowest BCUT2D eigenvalue weighted by Crippen LogP contribution is -2.20. The quantitative estimate of drug-likeness (QED) is 0.865. The Morgan fingerprint density at radius 1 is 1.33 bits per heavy atom. The van der Waals surface area contributed by atoms with Gasteiger partial charge in [-0.05, 0) is 24.6 Å². The molecule has 18 heavy (non-hydrogen) atoms. The first-order valence-electron chi connectivity index (χ1n) is 5.46. The van der Waals surface area contributed by atoms with Crippen molar-refractivity contribution in [1.82, 2.24) is 9.55 Å². The highest BCUT2D eigenvalue weighted by Crippen LogP contribution is 2.08. The van der Waals surface area contributed by atoms with Crippen LogP contribution in [-0.2, 0) is 7.05 Å². The van der Waals surface area contributed by atoms with Gasteiger partial charge in [0.15, 0.2) is 0 Å². The molecule has 92 valence electrons. The van der Waals surface area contributed by atoms with E-state index in [4.69, 9.17) is 0 Å². The molecule has 5 nitrogen and oxygen atoms in total. The summed E-state index contributed by atoms with van der Waals surface area (Å²) < 4.78 is 1.41. The van der Waals surface area contributed by atoms with E-state index in [9.17, 15) is 9.59 Å². The second-order valence-electron chi connectivity index (χ2n) is 4.07. The molecule has 0 aromatic carbocycles. The minimum absolute atomic E-state index is 0.218. The average molecular weight is 243 g/mol. The Bertz CT molecular complexity index is 647. The van der Waals surface area contributed by atoms with E-state index in [0.29, 0.717) is 11.3 Å². The molecule has 0 aliphatic heterocycles. The molecule has 0 radical (unpaired) electrons. The van der Waals surface area contributed by atoms with Gasteiger partial charge < -0.3 is 9.88 Å². The summed E-state index contributed by atoms with van der Waals surface area (Å²) in [6, 6.07) is 4.71. The van der Waals surface area contributed by atoms with Gasteiger partial charge in [0.05, 0.1) is 11.9 Å². The molecular weight excluding hydrogens is 230 g/mol. The van der Waals surface area contributed by atoms with Crippen LogP contribution in [0.15, 0.2) is 41.6 Å². The monoisotopic (exact) mass is 243 g/mol. The molecule has 0 saturated heterocycles. The van der Waals surface area contributed by atoms with Gasteiger partial charge in [-0.25, -0.2) is 0 Å². The number of hydrogen-bond acceptors (Lipinski definition) is 3. The highest BCUT2D eigenvalue weighted by molar-refractivity contribution is 6.04. The lowest BCUT2D eigenvalue weighted by molar-refractivity contribution is 0.102. The molecule has 0 unspecified atom stereocenters. The van der Waals surface area contributed by atoms with Gasteiger partial charge in [0, 0.05) is 31.1 Å². The first-order chi connectivity index (χ1) is 8.56. The third kappa shape index (κ3) is 2.63. The van der Waals surface area contributed by atoms with Crippen LogP contribution in [0.2, 0.25) is 0 Å². The largest absolute Gasteiger partial charge is 0.321 e. The minimum Gasteiger partial charge on any atom is -0.321 e. The number of pyridine rings is 2. The van der Waals surface area contributed by atoms with Gasteiger partial charge in [-0.1, -0.05) is 0 Å². The van der Waals surface area contributed by atoms with E-state index in [1.165, 1.54) is 10.6 Å². The molecule has 0 aliphatic carbocycles. The van der Waals surface area contributed by atoms with Gasteiger partial charge >= 0.3 is 0 Å². The number of anilines is 1. The summed E-state index contributed by atoms with van der Waals surface area (Å²) in [5.41, 5.74) is 1.68. The average Bonchev–Trinajstić information content (AvgIpc) is 2.32. The first kappa shape index (κ1) is 12.0. The zero-order valence-electron chi connectivity index (χ0n) is 10.2. The molecule has 2 aromatic rings. The van der Waals surface area contributed by atoms with E-state index in [2.05, 4.69) is 10.3 Å². The fourth-order valence-electron chi connectivity index (χ4n) is 1.52. The van der Waals surface area contributed by atoms with E-state index in [1.807, 2.05) is 13.0 Å². The number of nitrogens with zero attached hydrogens (tertiary/aromatic N) is 2. The predicted molar refractivity (Wildman–Crippen MR) is 68.6 cm³/mol. The number of aromatic nitrogens is 2. The van der Waals surface area contributed by atoms with Crippen molar-refractivity contribution in [2.24, 2.45) is 7.05 Å². The third-order valence-corrected chi connectivity index (χ3v) is 2.50. The molecule has 5 heteroatoms. The summed E-state index contributed by atoms with van der Waals surface area (Å²) in [5.74, 6) is -0.319. The molecule has 0 bridgehead atoms. The summed E-state index contributed by atoms with van der Waals surface area (Å²) >= 11 is 0. The van der Waals surface area contributed by atoms with E-state index in [0.717, 1.165) is 5.56 Å². The maximum atomic E-state index is 11.9. The predicted octanol–water partition coefficient (Wildman–Crippen LogP) is 1.34. The van der Waals surface area contributed by atoms with Crippen molar-refractivity contribution in [2.45, 2.75) is 6.92 Å². The number of carbonyl (C=O) groups excluding carboxylic acids is 1. The fraction of sp³-hybridized carbons (Fsp3) is 0.154. The minimum atomic E-state index is -0.319. The van der Waals surface area contributed by atoms with Crippen molar-refractivity contribution in [3.63, 3.8) is 0 Å². The van der Waals surface area contributed by atoms with Crippen LogP contribution in [-0.4, -0.2) is 15.5 Å². The maximum absolute atomic E-state index is 11.9. The van der Waals surface area contributed by atoms with Crippen LogP contribution in [0.5, 0.6) is 0 Å². The van der Waals surface area contributed by atoms with Crippen LogP contribution < -0.4 is 10.9 Å². The van der Waals surface area contributed by atoms with Gasteiger partial charge in [0.25, 0.3) is 11.5 Å². The Hall–Kier alpha value is -2.43. The Morgan fingerprint density at radius 3 is 2.78 bits per heavy atom. The van der Waals surface area contributed by atoms with Gasteiger partial charge in [-0.3, -0.25) is 14.6 Å². The lowest BCUT2D eigenvalue weighted by Gasteiger charge is -2.05. The van der Waals surface area contributed by atoms with Crippen molar-refractivity contribution in [3.05, 3.63) is 58.3 Å². The molecule has 0 spiro atoms. The third-order valence-electron chi connectivity index (χ3n) is 2.50. The second-order valence-corrected chi connectivity index (χ2v) is 4.07. The molecule has 1 N–H and O–H groups in total. The van der Waals surface area contributed by atoms with Gasteiger partial charge in [-0.15, -0.1) is 0 Å². The summed E-state index contributed by atoms with van der Waals surface area (Å²) in [7, 11) is 1.63. The highest BCUT2D eigenvalue weighted by Gasteiger charge is 2.07. The summed E-state index contributed by atoms with van der Waals surface area (Å²) in [5, 5.41) is 2.70. The van der Waals surface area contributed by atoms with Crippen LogP contribution in [0.3, 0.4) is 0 Å². The van der Waals surface area contributed by atoms with Gasteiger partial charge in [-0.2, -0.15) is 0 Å². The van der Waals surface area contributed by atoms with Gasteiger partial charge in [0.2, 0.25) is 0 Å². The van der Waals surface area contributed by atoms with E-state index in [1.54, 1.807) is 31.7 Å². The normalized spacial score (nSPS) is 10.1. The summed E-state index contributed by atoms with van der Waals surface area (Å²) in [6.45, 7) is 1.89. The van der Waals surface area contributed by atoms with Crippen LogP contribution in [0.4, 0.5) is 5.69 Å². The van der Waals surface area contributed by atoms with E-state index < -0.39 is 0 Å².